The fourth-order valence-corrected chi connectivity index (χ4v) is 3.24. The van der Waals surface area contributed by atoms with Crippen LogP contribution < -0.4 is 4.74 Å². The van der Waals surface area contributed by atoms with Crippen LogP contribution in [0.25, 0.3) is 0 Å². The first kappa shape index (κ1) is 25.0. The Labute approximate surface area is 194 Å². The molecule has 1 atom stereocenters. The molecule has 0 spiro atoms. The number of rotatable bonds is 6. The third-order valence-electron chi connectivity index (χ3n) is 5.24. The monoisotopic (exact) mass is 479 g/mol. The first-order valence-corrected chi connectivity index (χ1v) is 10.5. The minimum Gasteiger partial charge on any atom is -0.428 e. The molecule has 11 heteroatoms. The Balaban J connectivity index is 1.64. The topological polar surface area (TPSA) is 94.3 Å². The Morgan fingerprint density at radius 3 is 2.26 bits per heavy atom. The molecule has 34 heavy (non-hydrogen) atoms. The zero-order valence-electron chi connectivity index (χ0n) is 18.8. The number of hydrogen-bond donors (Lipinski definition) is 0. The van der Waals surface area contributed by atoms with Crippen molar-refractivity contribution in [3.8, 4) is 5.75 Å². The van der Waals surface area contributed by atoms with Crippen molar-refractivity contribution >= 4 is 17.6 Å². The van der Waals surface area contributed by atoms with E-state index in [1.54, 1.807) is 5.01 Å². The van der Waals surface area contributed by atoms with Crippen molar-refractivity contribution in [1.29, 1.82) is 0 Å². The number of alkyl halides is 3. The van der Waals surface area contributed by atoms with E-state index in [1.807, 2.05) is 20.8 Å². The predicted octanol–water partition coefficient (Wildman–Crippen LogP) is 5.65. The van der Waals surface area contributed by atoms with Crippen LogP contribution in [0.1, 0.15) is 38.3 Å². The quantitative estimate of drug-likeness (QED) is 0.230. The van der Waals surface area contributed by atoms with Crippen LogP contribution in [0.5, 0.6) is 5.75 Å². The second kappa shape index (κ2) is 9.70. The molecule has 1 heterocycles. The number of carbonyl (C=O) groups excluding carboxylic acids is 1. The summed E-state index contributed by atoms with van der Waals surface area (Å²) < 4.78 is 49.0. The predicted molar refractivity (Wildman–Crippen MR) is 118 cm³/mol. The summed E-state index contributed by atoms with van der Waals surface area (Å²) in [5.74, 6) is 0.104. The van der Waals surface area contributed by atoms with E-state index in [9.17, 15) is 28.1 Å². The lowest BCUT2D eigenvalue weighted by atomic mass is 9.89. The molecular formula is C23H24F3N3O5. The summed E-state index contributed by atoms with van der Waals surface area (Å²) in [4.78, 5) is 22.5. The highest BCUT2D eigenvalue weighted by Crippen LogP contribution is 2.30. The maximum atomic E-state index is 12.8. The van der Waals surface area contributed by atoms with Crippen LogP contribution in [0, 0.1) is 15.5 Å². The molecule has 0 bridgehead atoms. The smallest absolute Gasteiger partial charge is 0.428 e. The van der Waals surface area contributed by atoms with Crippen molar-refractivity contribution < 1.29 is 32.4 Å². The molecule has 0 unspecified atom stereocenters. The molecule has 0 fully saturated rings. The molecule has 0 N–H and O–H groups in total. The average Bonchev–Trinajstić information content (AvgIpc) is 3.21. The molecule has 182 valence electrons. The molecule has 0 saturated carbocycles. The Morgan fingerprint density at radius 2 is 1.74 bits per heavy atom. The number of hydrogen-bond acceptors (Lipinski definition) is 7. The lowest BCUT2D eigenvalue weighted by molar-refractivity contribution is -0.384. The van der Waals surface area contributed by atoms with Gasteiger partial charge in [-0.1, -0.05) is 32.9 Å². The highest BCUT2D eigenvalue weighted by Gasteiger charge is 2.33. The summed E-state index contributed by atoms with van der Waals surface area (Å²) in [6.45, 7) is 6.42. The molecule has 0 radical (unpaired) electrons. The van der Waals surface area contributed by atoms with E-state index in [2.05, 4.69) is 5.10 Å². The van der Waals surface area contributed by atoms with Crippen LogP contribution in [0.4, 0.5) is 23.7 Å². The van der Waals surface area contributed by atoms with Gasteiger partial charge in [0, 0.05) is 30.5 Å². The minimum atomic E-state index is -4.40. The van der Waals surface area contributed by atoms with Gasteiger partial charge in [0.1, 0.15) is 11.9 Å². The van der Waals surface area contributed by atoms with Crippen molar-refractivity contribution in [3.63, 3.8) is 0 Å². The highest BCUT2D eigenvalue weighted by atomic mass is 19.4. The maximum absolute atomic E-state index is 12.8. The van der Waals surface area contributed by atoms with Gasteiger partial charge in [0.25, 0.3) is 5.69 Å². The van der Waals surface area contributed by atoms with Crippen LogP contribution in [0.3, 0.4) is 0 Å². The van der Waals surface area contributed by atoms with Crippen molar-refractivity contribution in [3.05, 3.63) is 69.8 Å². The van der Waals surface area contributed by atoms with Gasteiger partial charge in [-0.15, -0.1) is 0 Å². The van der Waals surface area contributed by atoms with E-state index >= 15 is 0 Å². The van der Waals surface area contributed by atoms with Gasteiger partial charge in [-0.3, -0.25) is 15.1 Å². The standard InChI is InChI=1S/C23H24F3N3O5/c1-22(2,3)20(34-21(30)33-18-10-8-17(9-11-18)29(31)32)14-28-13-12-19(27-28)15-4-6-16(7-5-15)23(24,25)26/h4-11,20H,12-14H2,1-3H3/t20-/m0/s1. The Hall–Kier alpha value is -3.63. The Kier molecular flexibility index (Phi) is 7.13. The first-order chi connectivity index (χ1) is 15.8. The van der Waals surface area contributed by atoms with Gasteiger partial charge in [0.15, 0.2) is 0 Å². The molecule has 3 rings (SSSR count). The van der Waals surface area contributed by atoms with Gasteiger partial charge >= 0.3 is 12.3 Å². The van der Waals surface area contributed by atoms with E-state index in [4.69, 9.17) is 9.47 Å². The number of ether oxygens (including phenoxy) is 2. The number of carbonyl (C=O) groups is 1. The molecule has 8 nitrogen and oxygen atoms in total. The fraction of sp³-hybridized carbons (Fsp3) is 0.391. The molecule has 1 aliphatic rings. The minimum absolute atomic E-state index is 0.104. The molecule has 1 aliphatic heterocycles. The summed E-state index contributed by atoms with van der Waals surface area (Å²) in [6.07, 6.45) is -5.44. The van der Waals surface area contributed by atoms with Gasteiger partial charge in [-0.25, -0.2) is 4.79 Å². The number of halogens is 3. The van der Waals surface area contributed by atoms with Crippen molar-refractivity contribution in [1.82, 2.24) is 5.01 Å². The highest BCUT2D eigenvalue weighted by molar-refractivity contribution is 6.01. The van der Waals surface area contributed by atoms with E-state index in [-0.39, 0.29) is 18.0 Å². The van der Waals surface area contributed by atoms with Crippen molar-refractivity contribution in [2.75, 3.05) is 13.1 Å². The zero-order valence-corrected chi connectivity index (χ0v) is 18.8. The molecule has 2 aromatic carbocycles. The summed E-state index contributed by atoms with van der Waals surface area (Å²) in [7, 11) is 0. The molecule has 0 saturated heterocycles. The van der Waals surface area contributed by atoms with Gasteiger partial charge < -0.3 is 9.47 Å². The second-order valence-corrected chi connectivity index (χ2v) is 8.86. The molecule has 0 amide bonds. The first-order valence-electron chi connectivity index (χ1n) is 10.5. The van der Waals surface area contributed by atoms with Gasteiger partial charge in [-0.05, 0) is 29.8 Å². The van der Waals surface area contributed by atoms with Crippen LogP contribution in [0.2, 0.25) is 0 Å². The largest absolute Gasteiger partial charge is 0.514 e. The second-order valence-electron chi connectivity index (χ2n) is 8.86. The molecule has 2 aromatic rings. The Bertz CT molecular complexity index is 1060. The van der Waals surface area contributed by atoms with Crippen molar-refractivity contribution in [2.45, 2.75) is 39.5 Å². The zero-order chi connectivity index (χ0) is 25.1. The van der Waals surface area contributed by atoms with Crippen molar-refractivity contribution in [2.24, 2.45) is 10.5 Å². The van der Waals surface area contributed by atoms with E-state index in [0.29, 0.717) is 24.2 Å². The summed E-state index contributed by atoms with van der Waals surface area (Å²) in [5.41, 5.74) is -0.0826. The van der Waals surface area contributed by atoms with E-state index < -0.39 is 34.3 Å². The molecule has 0 aliphatic carbocycles. The summed E-state index contributed by atoms with van der Waals surface area (Å²) in [6, 6.07) is 9.86. The van der Waals surface area contributed by atoms with Gasteiger partial charge in [0.2, 0.25) is 0 Å². The number of nitro benzene ring substituents is 1. The lowest BCUT2D eigenvalue weighted by Gasteiger charge is -2.32. The van der Waals surface area contributed by atoms with Gasteiger partial charge in [-0.2, -0.15) is 18.3 Å². The van der Waals surface area contributed by atoms with Crippen LogP contribution in [0.15, 0.2) is 53.6 Å². The Morgan fingerprint density at radius 1 is 1.12 bits per heavy atom. The maximum Gasteiger partial charge on any atom is 0.514 e. The molecular weight excluding hydrogens is 455 g/mol. The van der Waals surface area contributed by atoms with Gasteiger partial charge in [0.05, 0.1) is 22.7 Å². The van der Waals surface area contributed by atoms with E-state index in [1.165, 1.54) is 36.4 Å². The fourth-order valence-electron chi connectivity index (χ4n) is 3.24. The summed E-state index contributed by atoms with van der Waals surface area (Å²) >= 11 is 0. The number of nitro groups is 1. The number of hydrazone groups is 1. The SMILES string of the molecule is CC(C)(C)[C@H](CN1CCC(c2ccc(C(F)(F)F)cc2)=N1)OC(=O)Oc1ccc([N+](=O)[O-])cc1. The van der Waals surface area contributed by atoms with Crippen LogP contribution in [-0.2, 0) is 10.9 Å². The normalized spacial score (nSPS) is 15.0. The van der Waals surface area contributed by atoms with Crippen LogP contribution >= 0.6 is 0 Å². The van der Waals surface area contributed by atoms with Crippen LogP contribution in [-0.4, -0.2) is 41.0 Å². The average molecular weight is 479 g/mol. The number of nitrogens with zero attached hydrogens (tertiary/aromatic N) is 3. The number of benzene rings is 2. The lowest BCUT2D eigenvalue weighted by Crippen LogP contribution is -2.40. The third kappa shape index (κ3) is 6.46. The number of non-ortho nitro benzene ring substituents is 1. The summed E-state index contributed by atoms with van der Waals surface area (Å²) in [5, 5.41) is 16.9. The molecule has 0 aromatic heterocycles. The third-order valence-corrected chi connectivity index (χ3v) is 5.24. The van der Waals surface area contributed by atoms with E-state index in [0.717, 1.165) is 12.1 Å².